The van der Waals surface area contributed by atoms with E-state index in [4.69, 9.17) is 10.5 Å². The predicted octanol–water partition coefficient (Wildman–Crippen LogP) is 1.37. The third-order valence-corrected chi connectivity index (χ3v) is 6.14. The zero-order valence-electron chi connectivity index (χ0n) is 11.1. The van der Waals surface area contributed by atoms with Gasteiger partial charge in [0.2, 0.25) is 10.0 Å². The normalized spacial score (nSPS) is 32.3. The molecule has 0 bridgehead atoms. The summed E-state index contributed by atoms with van der Waals surface area (Å²) in [6, 6.07) is 3.05. The highest BCUT2D eigenvalue weighted by atomic mass is 79.9. The van der Waals surface area contributed by atoms with E-state index in [0.29, 0.717) is 11.1 Å². The van der Waals surface area contributed by atoms with Gasteiger partial charge in [-0.25, -0.2) is 17.5 Å². The third-order valence-electron chi connectivity index (χ3n) is 4.15. The van der Waals surface area contributed by atoms with Gasteiger partial charge in [0.15, 0.2) is 0 Å². The Labute approximate surface area is 131 Å². The number of ether oxygens (including phenoxy) is 1. The maximum Gasteiger partial charge on any atom is 0.243 e. The number of nitrogens with one attached hydrogen (secondary N) is 1. The molecular formula is C13H16BrFN2O3S. The molecule has 1 heterocycles. The summed E-state index contributed by atoms with van der Waals surface area (Å²) < 4.78 is 47.0. The van der Waals surface area contributed by atoms with E-state index in [0.717, 1.165) is 18.9 Å². The minimum Gasteiger partial charge on any atom is -0.376 e. The first-order valence-electron chi connectivity index (χ1n) is 6.75. The van der Waals surface area contributed by atoms with E-state index in [1.54, 1.807) is 0 Å². The molecule has 21 heavy (non-hydrogen) atoms. The monoisotopic (exact) mass is 378 g/mol. The zero-order valence-corrected chi connectivity index (χ0v) is 13.5. The standard InChI is InChI=1S/C13H16BrFN2O3S/c14-7-3-4-10(9(15)6-7)21(18,19)17-12-11(16)8-2-1-5-20-13(8)12/h3-4,6,8,11-13,17H,1-2,5,16H2. The molecule has 4 unspecified atom stereocenters. The van der Waals surface area contributed by atoms with Gasteiger partial charge < -0.3 is 10.5 Å². The van der Waals surface area contributed by atoms with Gasteiger partial charge in [-0.05, 0) is 31.0 Å². The summed E-state index contributed by atoms with van der Waals surface area (Å²) in [5.74, 6) is -0.618. The number of halogens is 2. The molecule has 1 saturated heterocycles. The van der Waals surface area contributed by atoms with Crippen LogP contribution < -0.4 is 10.5 Å². The number of hydrogen-bond acceptors (Lipinski definition) is 4. The Hall–Kier alpha value is -0.540. The van der Waals surface area contributed by atoms with Crippen molar-refractivity contribution < 1.29 is 17.5 Å². The number of rotatable bonds is 3. The first-order valence-corrected chi connectivity index (χ1v) is 9.02. The van der Waals surface area contributed by atoms with Crippen LogP contribution in [0.3, 0.4) is 0 Å². The van der Waals surface area contributed by atoms with Gasteiger partial charge >= 0.3 is 0 Å². The molecule has 1 saturated carbocycles. The largest absolute Gasteiger partial charge is 0.376 e. The molecule has 4 atom stereocenters. The van der Waals surface area contributed by atoms with Gasteiger partial charge in [-0.2, -0.15) is 0 Å². The average molecular weight is 379 g/mol. The molecule has 1 aliphatic heterocycles. The Morgan fingerprint density at radius 3 is 2.90 bits per heavy atom. The molecule has 2 aliphatic rings. The molecule has 0 radical (unpaired) electrons. The Kier molecular flexibility index (Phi) is 4.08. The Balaban J connectivity index is 1.80. The molecule has 3 N–H and O–H groups in total. The second-order valence-electron chi connectivity index (χ2n) is 5.44. The van der Waals surface area contributed by atoms with E-state index < -0.39 is 21.9 Å². The minimum absolute atomic E-state index is 0.182. The van der Waals surface area contributed by atoms with Crippen LogP contribution in [0, 0.1) is 11.7 Å². The highest BCUT2D eigenvalue weighted by Gasteiger charge is 2.52. The quantitative estimate of drug-likeness (QED) is 0.832. The highest BCUT2D eigenvalue weighted by molar-refractivity contribution is 9.10. The second-order valence-corrected chi connectivity index (χ2v) is 8.04. The third kappa shape index (κ3) is 2.75. The summed E-state index contributed by atoms with van der Waals surface area (Å²) in [5.41, 5.74) is 6.02. The van der Waals surface area contributed by atoms with Crippen LogP contribution in [0.1, 0.15) is 12.8 Å². The van der Waals surface area contributed by atoms with Gasteiger partial charge in [0, 0.05) is 23.0 Å². The summed E-state index contributed by atoms with van der Waals surface area (Å²) in [4.78, 5) is -0.378. The van der Waals surface area contributed by atoms with Crippen molar-refractivity contribution in [2.24, 2.45) is 11.7 Å². The number of nitrogens with two attached hydrogens (primary N) is 1. The number of benzene rings is 1. The molecule has 3 rings (SSSR count). The van der Waals surface area contributed by atoms with Crippen molar-refractivity contribution in [2.75, 3.05) is 6.61 Å². The lowest BCUT2D eigenvalue weighted by Gasteiger charge is -2.52. The lowest BCUT2D eigenvalue weighted by Crippen LogP contribution is -2.71. The Bertz CT molecular complexity index is 655. The van der Waals surface area contributed by atoms with Crippen molar-refractivity contribution in [1.82, 2.24) is 4.72 Å². The molecule has 0 amide bonds. The molecular weight excluding hydrogens is 363 g/mol. The molecule has 2 fully saturated rings. The van der Waals surface area contributed by atoms with Crippen LogP contribution >= 0.6 is 15.9 Å². The summed E-state index contributed by atoms with van der Waals surface area (Å²) in [7, 11) is -3.96. The van der Waals surface area contributed by atoms with Gasteiger partial charge in [-0.3, -0.25) is 0 Å². The van der Waals surface area contributed by atoms with Gasteiger partial charge in [0.25, 0.3) is 0 Å². The molecule has 0 spiro atoms. The van der Waals surface area contributed by atoms with Gasteiger partial charge in [0.1, 0.15) is 10.7 Å². The minimum atomic E-state index is -3.96. The average Bonchev–Trinajstić information content (AvgIpc) is 2.44. The van der Waals surface area contributed by atoms with Gasteiger partial charge in [-0.15, -0.1) is 0 Å². The lowest BCUT2D eigenvalue weighted by molar-refractivity contribution is -0.114. The maximum absolute atomic E-state index is 13.8. The fourth-order valence-corrected chi connectivity index (χ4v) is 4.70. The highest BCUT2D eigenvalue weighted by Crippen LogP contribution is 2.37. The van der Waals surface area contributed by atoms with Crippen molar-refractivity contribution in [3.8, 4) is 0 Å². The van der Waals surface area contributed by atoms with E-state index in [-0.39, 0.29) is 23.0 Å². The summed E-state index contributed by atoms with van der Waals surface area (Å²) in [6.45, 7) is 0.610. The van der Waals surface area contributed by atoms with E-state index in [2.05, 4.69) is 20.7 Å². The molecule has 8 heteroatoms. The molecule has 1 aliphatic carbocycles. The second kappa shape index (κ2) is 5.58. The molecule has 116 valence electrons. The predicted molar refractivity (Wildman–Crippen MR) is 78.6 cm³/mol. The van der Waals surface area contributed by atoms with Crippen LogP contribution in [-0.4, -0.2) is 33.2 Å². The topological polar surface area (TPSA) is 81.4 Å². The van der Waals surface area contributed by atoms with E-state index >= 15 is 0 Å². The zero-order chi connectivity index (χ0) is 15.2. The number of hydrogen-bond donors (Lipinski definition) is 2. The fraction of sp³-hybridized carbons (Fsp3) is 0.538. The van der Waals surface area contributed by atoms with Crippen LogP contribution in [0.2, 0.25) is 0 Å². The maximum atomic E-state index is 13.8. The van der Waals surface area contributed by atoms with Crippen molar-refractivity contribution in [2.45, 2.75) is 35.9 Å². The summed E-state index contributed by atoms with van der Waals surface area (Å²) in [5, 5.41) is 0. The Morgan fingerprint density at radius 1 is 1.43 bits per heavy atom. The first kappa shape index (κ1) is 15.4. The molecule has 5 nitrogen and oxygen atoms in total. The van der Waals surface area contributed by atoms with Crippen molar-refractivity contribution in [1.29, 1.82) is 0 Å². The summed E-state index contributed by atoms with van der Waals surface area (Å²) in [6.07, 6.45) is 1.67. The van der Waals surface area contributed by atoms with E-state index in [1.807, 2.05) is 0 Å². The van der Waals surface area contributed by atoms with Crippen molar-refractivity contribution >= 4 is 26.0 Å². The summed E-state index contributed by atoms with van der Waals surface area (Å²) >= 11 is 3.10. The number of sulfonamides is 1. The van der Waals surface area contributed by atoms with Crippen LogP contribution in [0.25, 0.3) is 0 Å². The van der Waals surface area contributed by atoms with Gasteiger partial charge in [-0.1, -0.05) is 15.9 Å². The van der Waals surface area contributed by atoms with E-state index in [9.17, 15) is 12.8 Å². The van der Waals surface area contributed by atoms with Crippen LogP contribution in [0.5, 0.6) is 0 Å². The lowest BCUT2D eigenvalue weighted by atomic mass is 9.69. The van der Waals surface area contributed by atoms with Crippen LogP contribution in [0.15, 0.2) is 27.6 Å². The smallest absolute Gasteiger partial charge is 0.243 e. The number of fused-ring (bicyclic) bond motifs is 1. The van der Waals surface area contributed by atoms with Crippen molar-refractivity contribution in [3.63, 3.8) is 0 Å². The van der Waals surface area contributed by atoms with Gasteiger partial charge in [0.05, 0.1) is 12.1 Å². The molecule has 1 aromatic rings. The van der Waals surface area contributed by atoms with Crippen LogP contribution in [-0.2, 0) is 14.8 Å². The fourth-order valence-electron chi connectivity index (χ4n) is 3.03. The SMILES string of the molecule is NC1C2CCCOC2C1NS(=O)(=O)c1ccc(Br)cc1F. The van der Waals surface area contributed by atoms with Crippen LogP contribution in [0.4, 0.5) is 4.39 Å². The molecule has 0 aromatic heterocycles. The Morgan fingerprint density at radius 2 is 2.19 bits per heavy atom. The molecule has 1 aromatic carbocycles. The first-order chi connectivity index (χ1) is 9.90. The van der Waals surface area contributed by atoms with E-state index in [1.165, 1.54) is 12.1 Å². The van der Waals surface area contributed by atoms with Crippen molar-refractivity contribution in [3.05, 3.63) is 28.5 Å².